The Kier molecular flexibility index (Phi) is 8.12. The molecule has 1 aliphatic heterocycles. The van der Waals surface area contributed by atoms with Crippen LogP contribution in [-0.2, 0) is 10.0 Å². The zero-order valence-electron chi connectivity index (χ0n) is 16.2. The summed E-state index contributed by atoms with van der Waals surface area (Å²) < 4.78 is 33.8. The van der Waals surface area contributed by atoms with Crippen LogP contribution in [0.4, 0.5) is 0 Å². The van der Waals surface area contributed by atoms with E-state index in [0.717, 1.165) is 44.9 Å². The minimum absolute atomic E-state index is 0. The highest BCUT2D eigenvalue weighted by Gasteiger charge is 2.30. The smallest absolute Gasteiger partial charge is 0.254 e. The number of hydrogen-bond acceptors (Lipinski definition) is 5. The van der Waals surface area contributed by atoms with Crippen LogP contribution in [-0.4, -0.2) is 51.5 Å². The normalized spacial score (nSPS) is 20.6. The van der Waals surface area contributed by atoms with E-state index in [1.165, 1.54) is 13.2 Å². The van der Waals surface area contributed by atoms with Crippen LogP contribution in [0.5, 0.6) is 5.75 Å². The first-order valence-electron chi connectivity index (χ1n) is 9.67. The van der Waals surface area contributed by atoms with Gasteiger partial charge in [0, 0.05) is 30.7 Å². The van der Waals surface area contributed by atoms with Crippen molar-refractivity contribution in [1.82, 2.24) is 9.62 Å². The Balaban J connectivity index is 0.00000280. The van der Waals surface area contributed by atoms with Crippen molar-refractivity contribution in [2.24, 2.45) is 5.73 Å². The number of amides is 1. The molecule has 9 heteroatoms. The summed E-state index contributed by atoms with van der Waals surface area (Å²) in [5.41, 5.74) is 6.18. The highest BCUT2D eigenvalue weighted by Crippen LogP contribution is 2.28. The highest BCUT2D eigenvalue weighted by molar-refractivity contribution is 7.89. The lowest BCUT2D eigenvalue weighted by Crippen LogP contribution is -2.47. The maximum atomic E-state index is 13.0. The van der Waals surface area contributed by atoms with Crippen LogP contribution in [0.25, 0.3) is 0 Å². The number of carbonyl (C=O) groups excluding carboxylic acids is 1. The molecule has 1 aromatic rings. The standard InChI is InChI=1S/C19H29N3O4S.ClH/c1-26-17-10-9-14(19(23)22-11-5-4-8-16(22)13-20)12-18(17)27(24,25)21-15-6-2-3-7-15;/h9-10,12,15-16,21H,2-8,11,13,20H2,1H3;1H. The van der Waals surface area contributed by atoms with Gasteiger partial charge in [-0.15, -0.1) is 12.4 Å². The number of benzene rings is 1. The van der Waals surface area contributed by atoms with Gasteiger partial charge in [-0.05, 0) is 50.3 Å². The molecule has 0 spiro atoms. The number of piperidine rings is 1. The summed E-state index contributed by atoms with van der Waals surface area (Å²) in [6.45, 7) is 1.06. The van der Waals surface area contributed by atoms with Gasteiger partial charge >= 0.3 is 0 Å². The number of nitrogens with one attached hydrogen (secondary N) is 1. The minimum Gasteiger partial charge on any atom is -0.495 e. The van der Waals surface area contributed by atoms with E-state index in [2.05, 4.69) is 4.72 Å². The van der Waals surface area contributed by atoms with E-state index in [9.17, 15) is 13.2 Å². The summed E-state index contributed by atoms with van der Waals surface area (Å²) in [6, 6.07) is 4.56. The molecule has 1 amide bonds. The molecular formula is C19H30ClN3O4S. The molecule has 158 valence electrons. The van der Waals surface area contributed by atoms with Crippen molar-refractivity contribution in [1.29, 1.82) is 0 Å². The average molecular weight is 432 g/mol. The fraction of sp³-hybridized carbons (Fsp3) is 0.632. The summed E-state index contributed by atoms with van der Waals surface area (Å²) in [4.78, 5) is 14.8. The van der Waals surface area contributed by atoms with E-state index in [1.54, 1.807) is 17.0 Å². The molecule has 0 bridgehead atoms. The second-order valence-electron chi connectivity index (χ2n) is 7.35. The Bertz CT molecular complexity index is 781. The molecule has 0 aromatic heterocycles. The number of hydrogen-bond donors (Lipinski definition) is 2. The molecule has 3 N–H and O–H groups in total. The average Bonchev–Trinajstić information content (AvgIpc) is 3.19. The molecule has 1 atom stereocenters. The van der Waals surface area contributed by atoms with Crippen molar-refractivity contribution >= 4 is 28.3 Å². The monoisotopic (exact) mass is 431 g/mol. The van der Waals surface area contributed by atoms with Crippen molar-refractivity contribution in [3.63, 3.8) is 0 Å². The van der Waals surface area contributed by atoms with Gasteiger partial charge in [0.25, 0.3) is 5.91 Å². The fourth-order valence-corrected chi connectivity index (χ4v) is 5.52. The second kappa shape index (κ2) is 9.91. The molecule has 0 radical (unpaired) electrons. The maximum Gasteiger partial charge on any atom is 0.254 e. The molecule has 1 unspecified atom stereocenters. The van der Waals surface area contributed by atoms with Gasteiger partial charge in [-0.1, -0.05) is 12.8 Å². The third-order valence-corrected chi connectivity index (χ3v) is 7.08. The van der Waals surface area contributed by atoms with Crippen molar-refractivity contribution in [3.05, 3.63) is 23.8 Å². The number of likely N-dealkylation sites (tertiary alicyclic amines) is 1. The summed E-state index contributed by atoms with van der Waals surface area (Å²) >= 11 is 0. The van der Waals surface area contributed by atoms with Gasteiger partial charge in [-0.2, -0.15) is 0 Å². The molecule has 1 saturated carbocycles. The number of ether oxygens (including phenoxy) is 1. The first-order valence-corrected chi connectivity index (χ1v) is 11.2. The third-order valence-electron chi connectivity index (χ3n) is 5.54. The third kappa shape index (κ3) is 4.97. The lowest BCUT2D eigenvalue weighted by molar-refractivity contribution is 0.0623. The largest absolute Gasteiger partial charge is 0.495 e. The van der Waals surface area contributed by atoms with Crippen LogP contribution in [0.1, 0.15) is 55.3 Å². The number of nitrogens with two attached hydrogens (primary N) is 1. The van der Waals surface area contributed by atoms with E-state index in [1.807, 2.05) is 0 Å². The number of halogens is 1. The quantitative estimate of drug-likeness (QED) is 0.719. The van der Waals surface area contributed by atoms with E-state index in [-0.39, 0.29) is 41.0 Å². The predicted molar refractivity (Wildman–Crippen MR) is 111 cm³/mol. The molecule has 1 aliphatic carbocycles. The molecule has 2 aliphatic rings. The second-order valence-corrected chi connectivity index (χ2v) is 9.03. The van der Waals surface area contributed by atoms with E-state index in [0.29, 0.717) is 18.7 Å². The maximum absolute atomic E-state index is 13.0. The van der Waals surface area contributed by atoms with Gasteiger partial charge in [0.1, 0.15) is 10.6 Å². The van der Waals surface area contributed by atoms with Crippen molar-refractivity contribution < 1.29 is 17.9 Å². The molecule has 1 aromatic carbocycles. The molecule has 7 nitrogen and oxygen atoms in total. The van der Waals surface area contributed by atoms with E-state index >= 15 is 0 Å². The predicted octanol–water partition coefficient (Wildman–Crippen LogP) is 2.29. The summed E-state index contributed by atoms with van der Waals surface area (Å²) in [6.07, 6.45) is 6.60. The minimum atomic E-state index is -3.76. The molecule has 2 fully saturated rings. The number of carbonyl (C=O) groups is 1. The number of methoxy groups -OCH3 is 1. The van der Waals surface area contributed by atoms with Crippen molar-refractivity contribution in [2.75, 3.05) is 20.2 Å². The molecule has 1 heterocycles. The zero-order valence-corrected chi connectivity index (χ0v) is 17.9. The fourth-order valence-electron chi connectivity index (χ4n) is 4.03. The van der Waals surface area contributed by atoms with Crippen LogP contribution in [0, 0.1) is 0 Å². The van der Waals surface area contributed by atoms with Gasteiger partial charge in [0.15, 0.2) is 0 Å². The SMILES string of the molecule is COc1ccc(C(=O)N2CCCCC2CN)cc1S(=O)(=O)NC1CCCC1.Cl. The molecular weight excluding hydrogens is 402 g/mol. The Morgan fingerprint density at radius 3 is 2.54 bits per heavy atom. The lowest BCUT2D eigenvalue weighted by Gasteiger charge is -2.35. The molecule has 3 rings (SSSR count). The topological polar surface area (TPSA) is 102 Å². The van der Waals surface area contributed by atoms with Crippen molar-refractivity contribution in [2.45, 2.75) is 61.9 Å². The van der Waals surface area contributed by atoms with E-state index < -0.39 is 10.0 Å². The summed E-state index contributed by atoms with van der Waals surface area (Å²) in [5.74, 6) is 0.0659. The number of nitrogens with zero attached hydrogens (tertiary/aromatic N) is 1. The molecule has 28 heavy (non-hydrogen) atoms. The lowest BCUT2D eigenvalue weighted by atomic mass is 10.0. The number of rotatable bonds is 6. The number of sulfonamides is 1. The Labute approximate surface area is 173 Å². The summed E-state index contributed by atoms with van der Waals surface area (Å²) in [5, 5.41) is 0. The zero-order chi connectivity index (χ0) is 19.4. The first kappa shape index (κ1) is 22.9. The van der Waals surface area contributed by atoms with Gasteiger partial charge in [-0.25, -0.2) is 13.1 Å². The molecule has 1 saturated heterocycles. The first-order chi connectivity index (χ1) is 13.0. The Morgan fingerprint density at radius 2 is 1.89 bits per heavy atom. The van der Waals surface area contributed by atoms with Crippen LogP contribution in [0.15, 0.2) is 23.1 Å². The summed E-state index contributed by atoms with van der Waals surface area (Å²) in [7, 11) is -2.33. The Hall–Kier alpha value is -1.35. The van der Waals surface area contributed by atoms with Crippen LogP contribution in [0.3, 0.4) is 0 Å². The van der Waals surface area contributed by atoms with Crippen molar-refractivity contribution in [3.8, 4) is 5.75 Å². The highest BCUT2D eigenvalue weighted by atomic mass is 35.5. The van der Waals surface area contributed by atoms with Gasteiger partial charge in [0.2, 0.25) is 10.0 Å². The van der Waals surface area contributed by atoms with E-state index in [4.69, 9.17) is 10.5 Å². The van der Waals surface area contributed by atoms with Gasteiger partial charge < -0.3 is 15.4 Å². The Morgan fingerprint density at radius 1 is 1.21 bits per heavy atom. The van der Waals surface area contributed by atoms with Crippen LogP contribution >= 0.6 is 12.4 Å². The van der Waals surface area contributed by atoms with Gasteiger partial charge in [0.05, 0.1) is 7.11 Å². The van der Waals surface area contributed by atoms with Crippen LogP contribution < -0.4 is 15.2 Å². The van der Waals surface area contributed by atoms with Crippen LogP contribution in [0.2, 0.25) is 0 Å². The van der Waals surface area contributed by atoms with Gasteiger partial charge in [-0.3, -0.25) is 4.79 Å².